The van der Waals surface area contributed by atoms with E-state index in [1.54, 1.807) is 0 Å². The molecule has 84 valence electrons. The minimum atomic E-state index is -0.0324. The van der Waals surface area contributed by atoms with Crippen molar-refractivity contribution in [2.24, 2.45) is 5.92 Å². The predicted octanol–water partition coefficient (Wildman–Crippen LogP) is 1.68. The zero-order chi connectivity index (χ0) is 11.4. The summed E-state index contributed by atoms with van der Waals surface area (Å²) in [6.07, 6.45) is 1.86. The van der Waals surface area contributed by atoms with Crippen LogP contribution in [0, 0.1) is 12.8 Å². The number of aryl methyl sites for hydroxylation is 1. The Morgan fingerprint density at radius 2 is 2.33 bits per heavy atom. The van der Waals surface area contributed by atoms with Crippen LogP contribution in [0.5, 0.6) is 0 Å². The number of nitrogens with one attached hydrogen (secondary N) is 2. The van der Waals surface area contributed by atoms with Crippen LogP contribution in [0.15, 0.2) is 0 Å². The van der Waals surface area contributed by atoms with Crippen molar-refractivity contribution in [1.82, 2.24) is 10.2 Å². The molecule has 5 nitrogen and oxygen atoms in total. The van der Waals surface area contributed by atoms with E-state index in [1.165, 1.54) is 0 Å². The van der Waals surface area contributed by atoms with E-state index in [2.05, 4.69) is 22.4 Å². The number of hydrogen-bond acceptors (Lipinski definition) is 3. The predicted molar refractivity (Wildman–Crippen MR) is 60.4 cm³/mol. The number of aromatic nitrogens is 2. The molecular formula is C10H18N4O. The summed E-state index contributed by atoms with van der Waals surface area (Å²) in [4.78, 5) is 11.6. The summed E-state index contributed by atoms with van der Waals surface area (Å²) in [5.74, 6) is 0.391. The number of aromatic amines is 1. The van der Waals surface area contributed by atoms with Crippen LogP contribution in [0.2, 0.25) is 0 Å². The maximum atomic E-state index is 11.6. The normalized spacial score (nSPS) is 12.5. The van der Waals surface area contributed by atoms with Crippen molar-refractivity contribution in [3.05, 3.63) is 5.69 Å². The van der Waals surface area contributed by atoms with E-state index in [9.17, 15) is 4.79 Å². The van der Waals surface area contributed by atoms with Gasteiger partial charge in [0.2, 0.25) is 5.91 Å². The molecule has 1 unspecified atom stereocenters. The second-order valence-electron chi connectivity index (χ2n) is 3.79. The molecule has 0 aliphatic heterocycles. The summed E-state index contributed by atoms with van der Waals surface area (Å²) < 4.78 is 0. The molecule has 0 aliphatic rings. The quantitative estimate of drug-likeness (QED) is 0.706. The monoisotopic (exact) mass is 210 g/mol. The summed E-state index contributed by atoms with van der Waals surface area (Å²) in [7, 11) is 0. The zero-order valence-electron chi connectivity index (χ0n) is 9.42. The van der Waals surface area contributed by atoms with Crippen molar-refractivity contribution < 1.29 is 4.79 Å². The van der Waals surface area contributed by atoms with Gasteiger partial charge in [0.15, 0.2) is 5.82 Å². The molecule has 0 fully saturated rings. The fourth-order valence-corrected chi connectivity index (χ4v) is 1.34. The average Bonchev–Trinajstić information content (AvgIpc) is 2.50. The minimum absolute atomic E-state index is 0.00796. The average molecular weight is 210 g/mol. The van der Waals surface area contributed by atoms with Crippen LogP contribution < -0.4 is 11.1 Å². The van der Waals surface area contributed by atoms with E-state index >= 15 is 0 Å². The molecule has 0 spiro atoms. The summed E-state index contributed by atoms with van der Waals surface area (Å²) in [5, 5.41) is 9.35. The largest absolute Gasteiger partial charge is 0.394 e. The number of amides is 1. The van der Waals surface area contributed by atoms with Gasteiger partial charge < -0.3 is 11.1 Å². The maximum absolute atomic E-state index is 11.6. The SMILES string of the molecule is CCCC(C)C(=O)Nc1n[nH]c(C)c1N. The number of rotatable bonds is 4. The van der Waals surface area contributed by atoms with Gasteiger partial charge in [-0.25, -0.2) is 0 Å². The van der Waals surface area contributed by atoms with Crippen LogP contribution in [-0.2, 0) is 4.79 Å². The number of carbonyl (C=O) groups excluding carboxylic acids is 1. The number of nitrogen functional groups attached to an aromatic ring is 1. The number of hydrogen-bond donors (Lipinski definition) is 3. The summed E-state index contributed by atoms with van der Waals surface area (Å²) in [6, 6.07) is 0. The first-order valence-electron chi connectivity index (χ1n) is 5.17. The third-order valence-electron chi connectivity index (χ3n) is 2.41. The third-order valence-corrected chi connectivity index (χ3v) is 2.41. The highest BCUT2D eigenvalue weighted by molar-refractivity contribution is 5.94. The van der Waals surface area contributed by atoms with Crippen LogP contribution in [0.4, 0.5) is 11.5 Å². The second-order valence-corrected chi connectivity index (χ2v) is 3.79. The van der Waals surface area contributed by atoms with Crippen LogP contribution in [0.3, 0.4) is 0 Å². The highest BCUT2D eigenvalue weighted by Crippen LogP contribution is 2.19. The summed E-state index contributed by atoms with van der Waals surface area (Å²) in [5.41, 5.74) is 6.99. The third kappa shape index (κ3) is 2.71. The molecule has 1 heterocycles. The highest BCUT2D eigenvalue weighted by Gasteiger charge is 2.15. The Hall–Kier alpha value is -1.52. The van der Waals surface area contributed by atoms with Gasteiger partial charge in [-0.2, -0.15) is 5.10 Å². The fraction of sp³-hybridized carbons (Fsp3) is 0.600. The Morgan fingerprint density at radius 3 is 2.80 bits per heavy atom. The Morgan fingerprint density at radius 1 is 1.67 bits per heavy atom. The number of carbonyl (C=O) groups is 1. The molecule has 0 radical (unpaired) electrons. The van der Waals surface area contributed by atoms with Gasteiger partial charge in [-0.15, -0.1) is 0 Å². The molecule has 0 aromatic carbocycles. The lowest BCUT2D eigenvalue weighted by Gasteiger charge is -2.09. The van der Waals surface area contributed by atoms with E-state index in [-0.39, 0.29) is 11.8 Å². The maximum Gasteiger partial charge on any atom is 0.228 e. The fourth-order valence-electron chi connectivity index (χ4n) is 1.34. The van der Waals surface area contributed by atoms with E-state index in [0.717, 1.165) is 18.5 Å². The van der Waals surface area contributed by atoms with Crippen LogP contribution >= 0.6 is 0 Å². The van der Waals surface area contributed by atoms with E-state index in [1.807, 2.05) is 13.8 Å². The van der Waals surface area contributed by atoms with E-state index < -0.39 is 0 Å². The van der Waals surface area contributed by atoms with Crippen molar-refractivity contribution in [2.45, 2.75) is 33.6 Å². The Bertz CT molecular complexity index is 345. The lowest BCUT2D eigenvalue weighted by atomic mass is 10.1. The van der Waals surface area contributed by atoms with Gasteiger partial charge in [0.25, 0.3) is 0 Å². The van der Waals surface area contributed by atoms with Crippen molar-refractivity contribution >= 4 is 17.4 Å². The molecule has 0 bridgehead atoms. The van der Waals surface area contributed by atoms with E-state index in [0.29, 0.717) is 11.5 Å². The van der Waals surface area contributed by atoms with Crippen molar-refractivity contribution in [3.63, 3.8) is 0 Å². The van der Waals surface area contributed by atoms with Gasteiger partial charge in [0.1, 0.15) is 0 Å². The molecule has 1 aromatic heterocycles. The first kappa shape index (κ1) is 11.6. The summed E-state index contributed by atoms with van der Waals surface area (Å²) >= 11 is 0. The molecule has 0 aliphatic carbocycles. The standard InChI is InChI=1S/C10H18N4O/c1-4-5-6(2)10(15)12-9-8(11)7(3)13-14-9/h6H,4-5,11H2,1-3H3,(H2,12,13,14,15). The first-order chi connectivity index (χ1) is 7.06. The van der Waals surface area contributed by atoms with Gasteiger partial charge in [-0.05, 0) is 13.3 Å². The highest BCUT2D eigenvalue weighted by atomic mass is 16.1. The van der Waals surface area contributed by atoms with Crippen molar-refractivity contribution in [3.8, 4) is 0 Å². The molecule has 1 aromatic rings. The zero-order valence-corrected chi connectivity index (χ0v) is 9.42. The summed E-state index contributed by atoms with van der Waals surface area (Å²) in [6.45, 7) is 5.76. The molecule has 1 rings (SSSR count). The van der Waals surface area contributed by atoms with Crippen molar-refractivity contribution in [2.75, 3.05) is 11.1 Å². The molecule has 0 saturated heterocycles. The molecule has 0 saturated carbocycles. The topological polar surface area (TPSA) is 83.8 Å². The second kappa shape index (κ2) is 4.82. The smallest absolute Gasteiger partial charge is 0.228 e. The molecule has 4 N–H and O–H groups in total. The minimum Gasteiger partial charge on any atom is -0.394 e. The van der Waals surface area contributed by atoms with Gasteiger partial charge in [-0.1, -0.05) is 20.3 Å². The number of H-pyrrole nitrogens is 1. The molecule has 1 atom stereocenters. The van der Waals surface area contributed by atoms with Gasteiger partial charge in [0, 0.05) is 5.92 Å². The lowest BCUT2D eigenvalue weighted by Crippen LogP contribution is -2.21. The lowest BCUT2D eigenvalue weighted by molar-refractivity contribution is -0.119. The van der Waals surface area contributed by atoms with E-state index in [4.69, 9.17) is 5.73 Å². The Balaban J connectivity index is 2.62. The molecule has 15 heavy (non-hydrogen) atoms. The number of anilines is 2. The Labute approximate surface area is 89.4 Å². The van der Waals surface area contributed by atoms with Crippen molar-refractivity contribution in [1.29, 1.82) is 0 Å². The number of nitrogens with two attached hydrogens (primary N) is 1. The van der Waals surface area contributed by atoms with Crippen LogP contribution in [-0.4, -0.2) is 16.1 Å². The molecule has 5 heteroatoms. The van der Waals surface area contributed by atoms with Crippen LogP contribution in [0.25, 0.3) is 0 Å². The molecular weight excluding hydrogens is 192 g/mol. The first-order valence-corrected chi connectivity index (χ1v) is 5.17. The van der Waals surface area contributed by atoms with Crippen LogP contribution in [0.1, 0.15) is 32.4 Å². The van der Waals surface area contributed by atoms with Gasteiger partial charge in [0.05, 0.1) is 11.4 Å². The Kier molecular flexibility index (Phi) is 3.71. The number of nitrogens with zero attached hydrogens (tertiary/aromatic N) is 1. The molecule has 1 amide bonds. The van der Waals surface area contributed by atoms with Gasteiger partial charge >= 0.3 is 0 Å². The van der Waals surface area contributed by atoms with Gasteiger partial charge in [-0.3, -0.25) is 9.89 Å².